The fraction of sp³-hybridized carbons (Fsp3) is 0.571. The van der Waals surface area contributed by atoms with Crippen LogP contribution in [0.1, 0.15) is 13.8 Å². The lowest BCUT2D eigenvalue weighted by Crippen LogP contribution is -2.38. The first-order chi connectivity index (χ1) is 5.84. The maximum atomic E-state index is 11.5. The smallest absolute Gasteiger partial charge is 0.323 e. The van der Waals surface area contributed by atoms with Gasteiger partial charge in [0.15, 0.2) is 0 Å². The van der Waals surface area contributed by atoms with Crippen LogP contribution in [0.5, 0.6) is 0 Å². The molecule has 0 aromatic carbocycles. The molecule has 13 heavy (non-hydrogen) atoms. The molecule has 0 radical (unpaired) electrons. The number of aliphatic carboxylic acids is 1. The lowest BCUT2D eigenvalue weighted by Gasteiger charge is -2.14. The van der Waals surface area contributed by atoms with Crippen LogP contribution in [0.3, 0.4) is 0 Å². The van der Waals surface area contributed by atoms with E-state index in [1.54, 1.807) is 13.8 Å². The summed E-state index contributed by atoms with van der Waals surface area (Å²) in [6.45, 7) is 3.12. The zero-order chi connectivity index (χ0) is 10.2. The second-order valence-corrected chi connectivity index (χ2v) is 5.42. The van der Waals surface area contributed by atoms with Crippen LogP contribution in [0.4, 0.5) is 0 Å². The number of carboxylic acid groups (broad SMARTS) is 1. The Morgan fingerprint density at radius 3 is 2.54 bits per heavy atom. The van der Waals surface area contributed by atoms with Crippen molar-refractivity contribution < 1.29 is 14.7 Å². The van der Waals surface area contributed by atoms with Crippen LogP contribution in [0.2, 0.25) is 0 Å². The molecule has 1 fully saturated rings. The molecule has 0 atom stereocenters. The zero-order valence-electron chi connectivity index (χ0n) is 7.23. The maximum absolute atomic E-state index is 11.5. The van der Waals surface area contributed by atoms with Gasteiger partial charge in [-0.15, -0.1) is 0 Å². The number of carboxylic acids is 1. The van der Waals surface area contributed by atoms with Crippen LogP contribution < -0.4 is 0 Å². The van der Waals surface area contributed by atoms with E-state index in [0.717, 1.165) is 4.90 Å². The standard InChI is InChI=1S/C7H9NO3S2/c1-7(2)5(11)8(3-4(9)10)6(12)13-7/h3H2,1-2H3,(H,9,10). The van der Waals surface area contributed by atoms with E-state index in [1.807, 2.05) is 0 Å². The molecule has 0 spiro atoms. The first-order valence-corrected chi connectivity index (χ1v) is 4.84. The molecule has 0 unspecified atom stereocenters. The summed E-state index contributed by atoms with van der Waals surface area (Å²) < 4.78 is -0.274. The highest BCUT2D eigenvalue weighted by atomic mass is 32.2. The van der Waals surface area contributed by atoms with Crippen LogP contribution in [-0.4, -0.2) is 37.5 Å². The highest BCUT2D eigenvalue weighted by Crippen LogP contribution is 2.36. The molecule has 0 saturated carbocycles. The Morgan fingerprint density at radius 1 is 1.69 bits per heavy atom. The first kappa shape index (κ1) is 10.5. The van der Waals surface area contributed by atoms with E-state index >= 15 is 0 Å². The number of hydrogen-bond donors (Lipinski definition) is 1. The van der Waals surface area contributed by atoms with E-state index in [1.165, 1.54) is 11.8 Å². The van der Waals surface area contributed by atoms with Crippen molar-refractivity contribution in [2.75, 3.05) is 6.54 Å². The summed E-state index contributed by atoms with van der Waals surface area (Å²) in [5, 5.41) is 8.52. The van der Waals surface area contributed by atoms with E-state index in [-0.39, 0.29) is 12.5 Å². The molecule has 1 N–H and O–H groups in total. The van der Waals surface area contributed by atoms with Gasteiger partial charge in [0.25, 0.3) is 0 Å². The van der Waals surface area contributed by atoms with E-state index in [2.05, 4.69) is 0 Å². The van der Waals surface area contributed by atoms with Gasteiger partial charge in [0.2, 0.25) is 5.91 Å². The molecule has 4 nitrogen and oxygen atoms in total. The van der Waals surface area contributed by atoms with Gasteiger partial charge in [0.05, 0.1) is 4.75 Å². The fourth-order valence-corrected chi connectivity index (χ4v) is 2.66. The highest BCUT2D eigenvalue weighted by molar-refractivity contribution is 8.24. The normalized spacial score (nSPS) is 20.9. The number of thioether (sulfide) groups is 1. The summed E-state index contributed by atoms with van der Waals surface area (Å²) in [4.78, 5) is 23.0. The van der Waals surface area contributed by atoms with Crippen LogP contribution in [0, 0.1) is 0 Å². The van der Waals surface area contributed by atoms with Crippen molar-refractivity contribution in [2.45, 2.75) is 18.6 Å². The van der Waals surface area contributed by atoms with Crippen molar-refractivity contribution in [2.24, 2.45) is 0 Å². The second kappa shape index (κ2) is 3.26. The number of amides is 1. The van der Waals surface area contributed by atoms with Crippen molar-refractivity contribution in [1.29, 1.82) is 0 Å². The average Bonchev–Trinajstić information content (AvgIpc) is 2.12. The van der Waals surface area contributed by atoms with Crippen molar-refractivity contribution in [3.63, 3.8) is 0 Å². The number of thiocarbonyl (C=S) groups is 1. The van der Waals surface area contributed by atoms with Crippen molar-refractivity contribution in [1.82, 2.24) is 4.90 Å². The molecule has 1 aliphatic heterocycles. The van der Waals surface area contributed by atoms with E-state index < -0.39 is 10.7 Å². The monoisotopic (exact) mass is 219 g/mol. The van der Waals surface area contributed by atoms with Crippen LogP contribution >= 0.6 is 24.0 Å². The fourth-order valence-electron chi connectivity index (χ4n) is 0.997. The zero-order valence-corrected chi connectivity index (χ0v) is 8.87. The first-order valence-electron chi connectivity index (χ1n) is 3.61. The number of carbonyl (C=O) groups is 2. The summed E-state index contributed by atoms with van der Waals surface area (Å²) in [6.07, 6.45) is 0. The number of hydrogen-bond acceptors (Lipinski definition) is 4. The van der Waals surface area contributed by atoms with E-state index in [4.69, 9.17) is 17.3 Å². The van der Waals surface area contributed by atoms with Gasteiger partial charge in [-0.2, -0.15) is 0 Å². The van der Waals surface area contributed by atoms with Crippen molar-refractivity contribution >= 4 is 40.2 Å². The average molecular weight is 219 g/mol. The van der Waals surface area contributed by atoms with Gasteiger partial charge in [-0.05, 0) is 13.8 Å². The Kier molecular flexibility index (Phi) is 2.63. The van der Waals surface area contributed by atoms with Gasteiger partial charge in [0, 0.05) is 0 Å². The Morgan fingerprint density at radius 2 is 2.23 bits per heavy atom. The Bertz CT molecular complexity index is 287. The number of rotatable bonds is 2. The van der Waals surface area contributed by atoms with Crippen LogP contribution in [0.25, 0.3) is 0 Å². The van der Waals surface area contributed by atoms with E-state index in [9.17, 15) is 9.59 Å². The van der Waals surface area contributed by atoms with Gasteiger partial charge in [0.1, 0.15) is 10.9 Å². The summed E-state index contributed by atoms with van der Waals surface area (Å²) in [5.41, 5.74) is 0. The molecule has 6 heteroatoms. The highest BCUT2D eigenvalue weighted by Gasteiger charge is 2.44. The molecule has 0 aromatic rings. The lowest BCUT2D eigenvalue weighted by molar-refractivity contribution is -0.141. The Balaban J connectivity index is 2.83. The Hall–Kier alpha value is -0.620. The Labute approximate surface area is 85.3 Å². The van der Waals surface area contributed by atoms with Gasteiger partial charge >= 0.3 is 5.97 Å². The molecular formula is C7H9NO3S2. The maximum Gasteiger partial charge on any atom is 0.323 e. The summed E-state index contributed by atoms with van der Waals surface area (Å²) in [7, 11) is 0. The predicted molar refractivity (Wildman–Crippen MR) is 53.6 cm³/mol. The molecule has 1 amide bonds. The quantitative estimate of drug-likeness (QED) is 0.693. The van der Waals surface area contributed by atoms with Gasteiger partial charge in [-0.3, -0.25) is 14.5 Å². The number of nitrogens with zero attached hydrogens (tertiary/aromatic N) is 1. The molecule has 72 valence electrons. The summed E-state index contributed by atoms with van der Waals surface area (Å²) >= 11 is 6.12. The minimum absolute atomic E-state index is 0.232. The molecule has 1 rings (SSSR count). The lowest BCUT2D eigenvalue weighted by atomic mass is 10.2. The summed E-state index contributed by atoms with van der Waals surface area (Å²) in [5.74, 6) is -1.28. The largest absolute Gasteiger partial charge is 0.480 e. The molecule has 1 heterocycles. The molecular weight excluding hydrogens is 210 g/mol. The molecule has 0 aliphatic carbocycles. The molecule has 0 aromatic heterocycles. The summed E-state index contributed by atoms with van der Waals surface area (Å²) in [6, 6.07) is 0. The van der Waals surface area contributed by atoms with Gasteiger partial charge in [-0.1, -0.05) is 24.0 Å². The van der Waals surface area contributed by atoms with Crippen LogP contribution in [0.15, 0.2) is 0 Å². The second-order valence-electron chi connectivity index (χ2n) is 3.16. The number of carbonyl (C=O) groups excluding carboxylic acids is 1. The van der Waals surface area contributed by atoms with Crippen molar-refractivity contribution in [3.8, 4) is 0 Å². The molecule has 1 aliphatic rings. The SMILES string of the molecule is CC1(C)SC(=S)N(CC(=O)O)C1=O. The van der Waals surface area contributed by atoms with Crippen molar-refractivity contribution in [3.05, 3.63) is 0 Å². The minimum Gasteiger partial charge on any atom is -0.480 e. The van der Waals surface area contributed by atoms with Crippen LogP contribution in [-0.2, 0) is 9.59 Å². The minimum atomic E-state index is -1.05. The van der Waals surface area contributed by atoms with Gasteiger partial charge < -0.3 is 5.11 Å². The predicted octanol–water partition coefficient (Wildman–Crippen LogP) is 0.710. The third-order valence-corrected chi connectivity index (χ3v) is 3.17. The third-order valence-electron chi connectivity index (χ3n) is 1.62. The third kappa shape index (κ3) is 2.00. The topological polar surface area (TPSA) is 57.6 Å². The van der Waals surface area contributed by atoms with E-state index in [0.29, 0.717) is 4.32 Å². The van der Waals surface area contributed by atoms with Gasteiger partial charge in [-0.25, -0.2) is 0 Å². The molecule has 0 bridgehead atoms. The molecule has 1 saturated heterocycles.